The lowest BCUT2D eigenvalue weighted by Crippen LogP contribution is -2.18. The molecular formula is C11H11FN2O. The summed E-state index contributed by atoms with van der Waals surface area (Å²) < 4.78 is 12.9. The van der Waals surface area contributed by atoms with Crippen molar-refractivity contribution in [2.45, 2.75) is 13.5 Å². The standard InChI is InChI=1S/C11H11FN2O/c1-7(15)13-6-10-5-8-4-9(12)2-3-11(8)14-10/h2-5,14H,6H2,1H3,(H,13,15). The zero-order valence-corrected chi connectivity index (χ0v) is 8.30. The number of carbonyl (C=O) groups is 1. The Hall–Kier alpha value is -1.84. The van der Waals surface area contributed by atoms with E-state index in [0.717, 1.165) is 16.6 Å². The normalized spacial score (nSPS) is 10.5. The molecule has 0 saturated heterocycles. The summed E-state index contributed by atoms with van der Waals surface area (Å²) in [6, 6.07) is 6.38. The lowest BCUT2D eigenvalue weighted by Gasteiger charge is -1.97. The number of hydrogen-bond acceptors (Lipinski definition) is 1. The molecule has 3 nitrogen and oxygen atoms in total. The van der Waals surface area contributed by atoms with Crippen molar-refractivity contribution >= 4 is 16.8 Å². The average molecular weight is 206 g/mol. The summed E-state index contributed by atoms with van der Waals surface area (Å²) in [5.74, 6) is -0.340. The van der Waals surface area contributed by atoms with E-state index in [0.29, 0.717) is 6.54 Å². The molecule has 0 aliphatic heterocycles. The molecule has 2 N–H and O–H groups in total. The molecule has 78 valence electrons. The number of hydrogen-bond donors (Lipinski definition) is 2. The van der Waals surface area contributed by atoms with E-state index in [1.807, 2.05) is 6.07 Å². The molecule has 0 fully saturated rings. The van der Waals surface area contributed by atoms with Crippen LogP contribution in [0.15, 0.2) is 24.3 Å². The Kier molecular flexibility index (Phi) is 2.41. The molecule has 0 radical (unpaired) electrons. The average Bonchev–Trinajstić information content (AvgIpc) is 2.56. The summed E-state index contributed by atoms with van der Waals surface area (Å²) in [5, 5.41) is 3.49. The van der Waals surface area contributed by atoms with E-state index in [1.165, 1.54) is 19.1 Å². The van der Waals surface area contributed by atoms with Crippen LogP contribution in [0.5, 0.6) is 0 Å². The summed E-state index contributed by atoms with van der Waals surface area (Å²) in [4.78, 5) is 13.8. The summed E-state index contributed by atoms with van der Waals surface area (Å²) in [6.07, 6.45) is 0. The number of aromatic amines is 1. The quantitative estimate of drug-likeness (QED) is 0.775. The first-order chi connectivity index (χ1) is 7.15. The molecule has 1 amide bonds. The van der Waals surface area contributed by atoms with Crippen molar-refractivity contribution in [2.75, 3.05) is 0 Å². The van der Waals surface area contributed by atoms with E-state index in [4.69, 9.17) is 0 Å². The third-order valence-corrected chi connectivity index (χ3v) is 2.17. The molecule has 0 unspecified atom stereocenters. The van der Waals surface area contributed by atoms with Gasteiger partial charge in [0.15, 0.2) is 0 Å². The molecule has 2 rings (SSSR count). The van der Waals surface area contributed by atoms with Crippen LogP contribution in [-0.4, -0.2) is 10.9 Å². The van der Waals surface area contributed by atoms with Gasteiger partial charge in [-0.2, -0.15) is 0 Å². The Morgan fingerprint density at radius 2 is 2.27 bits per heavy atom. The van der Waals surface area contributed by atoms with E-state index in [2.05, 4.69) is 10.3 Å². The number of fused-ring (bicyclic) bond motifs is 1. The molecule has 0 aliphatic carbocycles. The van der Waals surface area contributed by atoms with Gasteiger partial charge in [0.25, 0.3) is 0 Å². The minimum absolute atomic E-state index is 0.0835. The number of H-pyrrole nitrogens is 1. The van der Waals surface area contributed by atoms with Gasteiger partial charge in [-0.1, -0.05) is 0 Å². The molecule has 0 spiro atoms. The number of nitrogens with one attached hydrogen (secondary N) is 2. The van der Waals surface area contributed by atoms with Crippen LogP contribution < -0.4 is 5.32 Å². The minimum Gasteiger partial charge on any atom is -0.357 e. The Labute approximate surface area is 86.3 Å². The largest absolute Gasteiger partial charge is 0.357 e. The number of aromatic nitrogens is 1. The van der Waals surface area contributed by atoms with Gasteiger partial charge in [0.2, 0.25) is 5.91 Å². The lowest BCUT2D eigenvalue weighted by molar-refractivity contribution is -0.119. The Bertz CT molecular complexity index is 504. The van der Waals surface area contributed by atoms with Crippen LogP contribution >= 0.6 is 0 Å². The molecule has 2 aromatic rings. The molecular weight excluding hydrogens is 195 g/mol. The Balaban J connectivity index is 2.27. The van der Waals surface area contributed by atoms with Crippen molar-refractivity contribution in [2.24, 2.45) is 0 Å². The predicted molar refractivity (Wildman–Crippen MR) is 55.8 cm³/mol. The number of rotatable bonds is 2. The SMILES string of the molecule is CC(=O)NCc1cc2cc(F)ccc2[nH]1. The van der Waals surface area contributed by atoms with E-state index < -0.39 is 0 Å². The monoisotopic (exact) mass is 206 g/mol. The molecule has 4 heteroatoms. The van der Waals surface area contributed by atoms with E-state index in [-0.39, 0.29) is 11.7 Å². The van der Waals surface area contributed by atoms with Crippen LogP contribution in [0.25, 0.3) is 10.9 Å². The number of benzene rings is 1. The van der Waals surface area contributed by atoms with Crippen molar-refractivity contribution in [3.05, 3.63) is 35.8 Å². The topological polar surface area (TPSA) is 44.9 Å². The predicted octanol–water partition coefficient (Wildman–Crippen LogP) is 1.94. The minimum atomic E-state index is -0.257. The number of carbonyl (C=O) groups excluding carboxylic acids is 1. The van der Waals surface area contributed by atoms with Gasteiger partial charge in [0, 0.05) is 23.5 Å². The van der Waals surface area contributed by atoms with Crippen molar-refractivity contribution in [1.82, 2.24) is 10.3 Å². The van der Waals surface area contributed by atoms with Crippen molar-refractivity contribution in [1.29, 1.82) is 0 Å². The summed E-state index contributed by atoms with van der Waals surface area (Å²) in [6.45, 7) is 1.90. The highest BCUT2D eigenvalue weighted by Crippen LogP contribution is 2.16. The molecule has 1 heterocycles. The Morgan fingerprint density at radius 3 is 3.00 bits per heavy atom. The lowest BCUT2D eigenvalue weighted by atomic mass is 10.2. The van der Waals surface area contributed by atoms with Gasteiger partial charge in [0.05, 0.1) is 6.54 Å². The van der Waals surface area contributed by atoms with Gasteiger partial charge in [-0.15, -0.1) is 0 Å². The third-order valence-electron chi connectivity index (χ3n) is 2.17. The number of halogens is 1. The number of amides is 1. The van der Waals surface area contributed by atoms with E-state index in [1.54, 1.807) is 6.07 Å². The maximum absolute atomic E-state index is 12.9. The summed E-state index contributed by atoms with van der Waals surface area (Å²) in [7, 11) is 0. The van der Waals surface area contributed by atoms with Gasteiger partial charge in [0.1, 0.15) is 5.82 Å². The van der Waals surface area contributed by atoms with Gasteiger partial charge in [-0.3, -0.25) is 4.79 Å². The van der Waals surface area contributed by atoms with Crippen LogP contribution in [0, 0.1) is 5.82 Å². The fourth-order valence-electron chi connectivity index (χ4n) is 1.48. The van der Waals surface area contributed by atoms with Crippen LogP contribution in [-0.2, 0) is 11.3 Å². The molecule has 1 aromatic carbocycles. The highest BCUT2D eigenvalue weighted by molar-refractivity contribution is 5.80. The maximum atomic E-state index is 12.9. The molecule has 15 heavy (non-hydrogen) atoms. The molecule has 0 aliphatic rings. The van der Waals surface area contributed by atoms with E-state index >= 15 is 0 Å². The molecule has 1 aromatic heterocycles. The third kappa shape index (κ3) is 2.15. The van der Waals surface area contributed by atoms with Gasteiger partial charge in [-0.25, -0.2) is 4.39 Å². The maximum Gasteiger partial charge on any atom is 0.217 e. The van der Waals surface area contributed by atoms with Crippen LogP contribution in [0.3, 0.4) is 0 Å². The fourth-order valence-corrected chi connectivity index (χ4v) is 1.48. The summed E-state index contributed by atoms with van der Waals surface area (Å²) >= 11 is 0. The fraction of sp³-hybridized carbons (Fsp3) is 0.182. The van der Waals surface area contributed by atoms with Crippen molar-refractivity contribution < 1.29 is 9.18 Å². The first kappa shape index (κ1) is 9.71. The summed E-state index contributed by atoms with van der Waals surface area (Å²) in [5.41, 5.74) is 1.74. The second kappa shape index (κ2) is 3.73. The van der Waals surface area contributed by atoms with Gasteiger partial charge in [-0.05, 0) is 24.3 Å². The van der Waals surface area contributed by atoms with Crippen LogP contribution in [0.1, 0.15) is 12.6 Å². The zero-order valence-electron chi connectivity index (χ0n) is 8.30. The Morgan fingerprint density at radius 1 is 1.47 bits per heavy atom. The van der Waals surface area contributed by atoms with Crippen molar-refractivity contribution in [3.8, 4) is 0 Å². The second-order valence-electron chi connectivity index (χ2n) is 3.44. The zero-order chi connectivity index (χ0) is 10.8. The van der Waals surface area contributed by atoms with Crippen LogP contribution in [0.2, 0.25) is 0 Å². The highest BCUT2D eigenvalue weighted by atomic mass is 19.1. The van der Waals surface area contributed by atoms with Crippen molar-refractivity contribution in [3.63, 3.8) is 0 Å². The van der Waals surface area contributed by atoms with Gasteiger partial charge < -0.3 is 10.3 Å². The second-order valence-corrected chi connectivity index (χ2v) is 3.44. The molecule has 0 bridgehead atoms. The smallest absolute Gasteiger partial charge is 0.217 e. The van der Waals surface area contributed by atoms with Gasteiger partial charge >= 0.3 is 0 Å². The molecule has 0 atom stereocenters. The van der Waals surface area contributed by atoms with E-state index in [9.17, 15) is 9.18 Å². The first-order valence-corrected chi connectivity index (χ1v) is 4.67. The molecule has 0 saturated carbocycles. The highest BCUT2D eigenvalue weighted by Gasteiger charge is 2.02. The first-order valence-electron chi connectivity index (χ1n) is 4.67. The van der Waals surface area contributed by atoms with Crippen LogP contribution in [0.4, 0.5) is 4.39 Å².